The molecule has 2 aromatic heterocycles. The Labute approximate surface area is 120 Å². The Balaban J connectivity index is 2.09. The van der Waals surface area contributed by atoms with Crippen molar-refractivity contribution >= 4 is 0 Å². The summed E-state index contributed by atoms with van der Waals surface area (Å²) >= 11 is 0. The van der Waals surface area contributed by atoms with E-state index in [0.29, 0.717) is 6.04 Å². The van der Waals surface area contributed by atoms with E-state index in [2.05, 4.69) is 48.1 Å². The van der Waals surface area contributed by atoms with Crippen molar-refractivity contribution in [3.8, 4) is 5.82 Å². The number of aryl methyl sites for hydroxylation is 1. The van der Waals surface area contributed by atoms with Crippen LogP contribution in [0, 0.1) is 13.8 Å². The van der Waals surface area contributed by atoms with Gasteiger partial charge in [-0.2, -0.15) is 5.10 Å². The molecule has 0 unspecified atom stereocenters. The van der Waals surface area contributed by atoms with E-state index in [0.717, 1.165) is 36.6 Å². The van der Waals surface area contributed by atoms with Gasteiger partial charge in [-0.15, -0.1) is 0 Å². The molecule has 2 heterocycles. The Kier molecular flexibility index (Phi) is 4.84. The van der Waals surface area contributed by atoms with E-state index in [4.69, 9.17) is 0 Å². The molecule has 0 atom stereocenters. The van der Waals surface area contributed by atoms with Crippen LogP contribution in [-0.4, -0.2) is 32.3 Å². The largest absolute Gasteiger partial charge is 0.315 e. The molecule has 0 aromatic carbocycles. The highest BCUT2D eigenvalue weighted by atomic mass is 15.3. The second kappa shape index (κ2) is 6.61. The fraction of sp³-hybridized carbons (Fsp3) is 0.533. The lowest BCUT2D eigenvalue weighted by Gasteiger charge is -2.08. The van der Waals surface area contributed by atoms with Gasteiger partial charge in [0.25, 0.3) is 0 Å². The maximum Gasteiger partial charge on any atom is 0.172 e. The van der Waals surface area contributed by atoms with E-state index in [1.54, 1.807) is 18.6 Å². The van der Waals surface area contributed by atoms with Gasteiger partial charge in [0, 0.05) is 24.1 Å². The summed E-state index contributed by atoms with van der Waals surface area (Å²) in [6.45, 7) is 9.53. The smallest absolute Gasteiger partial charge is 0.172 e. The monoisotopic (exact) mass is 273 g/mol. The van der Waals surface area contributed by atoms with E-state index in [9.17, 15) is 0 Å². The van der Waals surface area contributed by atoms with E-state index in [1.807, 2.05) is 4.68 Å². The topological polar surface area (TPSA) is 55.6 Å². The van der Waals surface area contributed by atoms with Crippen LogP contribution in [0.1, 0.15) is 37.2 Å². The molecule has 5 nitrogen and oxygen atoms in total. The van der Waals surface area contributed by atoms with Gasteiger partial charge in [-0.05, 0) is 38.8 Å². The zero-order valence-electron chi connectivity index (χ0n) is 12.7. The van der Waals surface area contributed by atoms with E-state index in [1.165, 1.54) is 5.56 Å². The highest BCUT2D eigenvalue weighted by Gasteiger charge is 2.13. The van der Waals surface area contributed by atoms with Crippen LogP contribution in [0.3, 0.4) is 0 Å². The van der Waals surface area contributed by atoms with Crippen LogP contribution in [0.2, 0.25) is 0 Å². The summed E-state index contributed by atoms with van der Waals surface area (Å²) < 4.78 is 1.88. The minimum atomic E-state index is 0.541. The Bertz CT molecular complexity index is 545. The van der Waals surface area contributed by atoms with Gasteiger partial charge in [0.1, 0.15) is 0 Å². The molecule has 108 valence electrons. The minimum absolute atomic E-state index is 0.541. The molecule has 0 bridgehead atoms. The van der Waals surface area contributed by atoms with Crippen molar-refractivity contribution in [3.05, 3.63) is 35.5 Å². The van der Waals surface area contributed by atoms with Crippen molar-refractivity contribution in [2.45, 2.75) is 46.6 Å². The Morgan fingerprint density at radius 2 is 2.05 bits per heavy atom. The van der Waals surface area contributed by atoms with Gasteiger partial charge in [0.15, 0.2) is 5.82 Å². The third-order valence-electron chi connectivity index (χ3n) is 3.36. The first-order valence-electron chi connectivity index (χ1n) is 7.14. The molecule has 0 fully saturated rings. The fourth-order valence-corrected chi connectivity index (χ4v) is 2.32. The van der Waals surface area contributed by atoms with Gasteiger partial charge >= 0.3 is 0 Å². The molecule has 0 aliphatic rings. The molecule has 20 heavy (non-hydrogen) atoms. The molecule has 0 aliphatic carbocycles. The number of hydrogen-bond acceptors (Lipinski definition) is 4. The van der Waals surface area contributed by atoms with Crippen LogP contribution < -0.4 is 5.32 Å². The first-order chi connectivity index (χ1) is 9.59. The lowest BCUT2D eigenvalue weighted by Crippen LogP contribution is -2.24. The predicted octanol–water partition coefficient (Wildman–Crippen LogP) is 2.21. The number of aromatic nitrogens is 4. The van der Waals surface area contributed by atoms with E-state index < -0.39 is 0 Å². The maximum absolute atomic E-state index is 4.59. The quantitative estimate of drug-likeness (QED) is 0.820. The highest BCUT2D eigenvalue weighted by molar-refractivity contribution is 5.31. The SMILES string of the molecule is Cc1nn(-c2cnccn2)c(C)c1CCCNC(C)C. The fourth-order valence-electron chi connectivity index (χ4n) is 2.32. The Morgan fingerprint density at radius 1 is 1.25 bits per heavy atom. The molecular formula is C15H23N5. The van der Waals surface area contributed by atoms with Crippen molar-refractivity contribution in [2.75, 3.05) is 6.54 Å². The summed E-state index contributed by atoms with van der Waals surface area (Å²) in [6.07, 6.45) is 7.26. The van der Waals surface area contributed by atoms with Crippen molar-refractivity contribution in [1.82, 2.24) is 25.1 Å². The van der Waals surface area contributed by atoms with Crippen LogP contribution in [0.15, 0.2) is 18.6 Å². The molecule has 5 heteroatoms. The lowest BCUT2D eigenvalue weighted by atomic mass is 10.1. The average Bonchev–Trinajstić information content (AvgIpc) is 2.71. The first-order valence-corrected chi connectivity index (χ1v) is 7.14. The summed E-state index contributed by atoms with van der Waals surface area (Å²) in [5.74, 6) is 0.777. The van der Waals surface area contributed by atoms with Crippen LogP contribution in [0.4, 0.5) is 0 Å². The molecule has 2 rings (SSSR count). The molecule has 0 spiro atoms. The van der Waals surface area contributed by atoms with Crippen LogP contribution in [-0.2, 0) is 6.42 Å². The third-order valence-corrected chi connectivity index (χ3v) is 3.36. The summed E-state index contributed by atoms with van der Waals surface area (Å²) in [4.78, 5) is 8.41. The summed E-state index contributed by atoms with van der Waals surface area (Å²) in [5.41, 5.74) is 3.56. The number of nitrogens with zero attached hydrogens (tertiary/aromatic N) is 4. The zero-order valence-corrected chi connectivity index (χ0v) is 12.7. The van der Waals surface area contributed by atoms with Crippen molar-refractivity contribution < 1.29 is 0 Å². The van der Waals surface area contributed by atoms with Gasteiger partial charge < -0.3 is 5.32 Å². The lowest BCUT2D eigenvalue weighted by molar-refractivity contribution is 0.570. The highest BCUT2D eigenvalue weighted by Crippen LogP contribution is 2.17. The van der Waals surface area contributed by atoms with Crippen LogP contribution in [0.25, 0.3) is 5.82 Å². The second-order valence-corrected chi connectivity index (χ2v) is 5.34. The number of hydrogen-bond donors (Lipinski definition) is 1. The number of nitrogens with one attached hydrogen (secondary N) is 1. The number of rotatable bonds is 6. The molecule has 0 amide bonds. The molecular weight excluding hydrogens is 250 g/mol. The van der Waals surface area contributed by atoms with Gasteiger partial charge in [0.2, 0.25) is 0 Å². The molecule has 0 radical (unpaired) electrons. The Hall–Kier alpha value is -1.75. The average molecular weight is 273 g/mol. The Morgan fingerprint density at radius 3 is 2.70 bits per heavy atom. The standard InChI is InChI=1S/C15H23N5/c1-11(2)17-7-5-6-14-12(3)19-20(13(14)4)15-10-16-8-9-18-15/h8-11,17H,5-7H2,1-4H3. The first kappa shape index (κ1) is 14.7. The van der Waals surface area contributed by atoms with Crippen molar-refractivity contribution in [2.24, 2.45) is 0 Å². The normalized spacial score (nSPS) is 11.2. The molecule has 0 saturated heterocycles. The maximum atomic E-state index is 4.59. The van der Waals surface area contributed by atoms with Crippen LogP contribution >= 0.6 is 0 Å². The summed E-state index contributed by atoms with van der Waals surface area (Å²) in [6, 6.07) is 0.541. The molecule has 1 N–H and O–H groups in total. The van der Waals surface area contributed by atoms with Crippen LogP contribution in [0.5, 0.6) is 0 Å². The molecule has 2 aromatic rings. The summed E-state index contributed by atoms with van der Waals surface area (Å²) in [5, 5.41) is 8.03. The van der Waals surface area contributed by atoms with Gasteiger partial charge in [0.05, 0.1) is 11.9 Å². The van der Waals surface area contributed by atoms with Crippen molar-refractivity contribution in [1.29, 1.82) is 0 Å². The van der Waals surface area contributed by atoms with Crippen molar-refractivity contribution in [3.63, 3.8) is 0 Å². The summed E-state index contributed by atoms with van der Waals surface area (Å²) in [7, 11) is 0. The van der Waals surface area contributed by atoms with Gasteiger partial charge in [-0.25, -0.2) is 9.67 Å². The van der Waals surface area contributed by atoms with Gasteiger partial charge in [-0.3, -0.25) is 4.98 Å². The molecule has 0 aliphatic heterocycles. The molecule has 0 saturated carbocycles. The third kappa shape index (κ3) is 3.42. The zero-order chi connectivity index (χ0) is 14.5. The minimum Gasteiger partial charge on any atom is -0.315 e. The second-order valence-electron chi connectivity index (χ2n) is 5.34. The van der Waals surface area contributed by atoms with Gasteiger partial charge in [-0.1, -0.05) is 13.8 Å². The van der Waals surface area contributed by atoms with E-state index >= 15 is 0 Å². The predicted molar refractivity (Wildman–Crippen MR) is 80.1 cm³/mol. The van der Waals surface area contributed by atoms with E-state index in [-0.39, 0.29) is 0 Å².